The third kappa shape index (κ3) is 3.19. The quantitative estimate of drug-likeness (QED) is 0.797. The number of amides is 1. The van der Waals surface area contributed by atoms with E-state index >= 15 is 0 Å². The number of Topliss-reactive ketones (excluding diaryl/α,β-unsaturated/α-hetero) is 1. The summed E-state index contributed by atoms with van der Waals surface area (Å²) < 4.78 is 4.60. The summed E-state index contributed by atoms with van der Waals surface area (Å²) in [6.45, 7) is 4.53. The highest BCUT2D eigenvalue weighted by Crippen LogP contribution is 2.25. The van der Waals surface area contributed by atoms with E-state index in [0.717, 1.165) is 18.4 Å². The van der Waals surface area contributed by atoms with Crippen molar-refractivity contribution >= 4 is 23.3 Å². The van der Waals surface area contributed by atoms with Crippen molar-refractivity contribution in [3.8, 4) is 0 Å². The van der Waals surface area contributed by atoms with Gasteiger partial charge in [-0.05, 0) is 55.6 Å². The highest BCUT2D eigenvalue weighted by molar-refractivity contribution is 6.30. The van der Waals surface area contributed by atoms with Gasteiger partial charge >= 0.3 is 0 Å². The molecule has 1 saturated heterocycles. The summed E-state index contributed by atoms with van der Waals surface area (Å²) in [6, 6.07) is 5.26. The molecule has 0 N–H and O–H groups in total. The lowest BCUT2D eigenvalue weighted by molar-refractivity contribution is 0.0627. The van der Waals surface area contributed by atoms with Crippen molar-refractivity contribution in [1.29, 1.82) is 0 Å². The van der Waals surface area contributed by atoms with Crippen LogP contribution in [0, 0.1) is 19.8 Å². The SMILES string of the molecule is Cc1cc(Cl)ccc1C(=O)C1CCCN(C(=O)c2nonc2C)C1. The monoisotopic (exact) mass is 347 g/mol. The van der Waals surface area contributed by atoms with E-state index in [4.69, 9.17) is 11.6 Å². The van der Waals surface area contributed by atoms with Crippen LogP contribution in [0.4, 0.5) is 0 Å². The van der Waals surface area contributed by atoms with Crippen LogP contribution < -0.4 is 0 Å². The molecule has 6 nitrogen and oxygen atoms in total. The van der Waals surface area contributed by atoms with Crippen LogP contribution >= 0.6 is 11.6 Å². The van der Waals surface area contributed by atoms with Crippen molar-refractivity contribution in [1.82, 2.24) is 15.2 Å². The van der Waals surface area contributed by atoms with E-state index in [-0.39, 0.29) is 23.3 Å². The van der Waals surface area contributed by atoms with E-state index in [1.165, 1.54) is 0 Å². The number of likely N-dealkylation sites (tertiary alicyclic amines) is 1. The largest absolute Gasteiger partial charge is 0.336 e. The predicted molar refractivity (Wildman–Crippen MR) is 88.2 cm³/mol. The van der Waals surface area contributed by atoms with Crippen LogP contribution in [0.15, 0.2) is 22.8 Å². The lowest BCUT2D eigenvalue weighted by Gasteiger charge is -2.31. The topological polar surface area (TPSA) is 76.3 Å². The molecule has 1 aromatic heterocycles. The molecule has 24 heavy (non-hydrogen) atoms. The smallest absolute Gasteiger partial charge is 0.278 e. The van der Waals surface area contributed by atoms with Crippen molar-refractivity contribution in [2.75, 3.05) is 13.1 Å². The lowest BCUT2D eigenvalue weighted by Crippen LogP contribution is -2.42. The number of carbonyl (C=O) groups excluding carboxylic acids is 2. The van der Waals surface area contributed by atoms with E-state index in [0.29, 0.717) is 29.4 Å². The highest BCUT2D eigenvalue weighted by atomic mass is 35.5. The molecule has 1 atom stereocenters. The van der Waals surface area contributed by atoms with E-state index in [1.807, 2.05) is 6.92 Å². The summed E-state index contributed by atoms with van der Waals surface area (Å²) in [6.07, 6.45) is 1.54. The van der Waals surface area contributed by atoms with Crippen LogP contribution in [0.3, 0.4) is 0 Å². The Hall–Kier alpha value is -2.21. The normalized spacial score (nSPS) is 17.8. The predicted octanol–water partition coefficient (Wildman–Crippen LogP) is 3.07. The number of carbonyl (C=O) groups is 2. The maximum absolute atomic E-state index is 12.8. The molecule has 0 spiro atoms. The average Bonchev–Trinajstić information content (AvgIpc) is 3.00. The molecule has 2 aromatic rings. The molecular weight excluding hydrogens is 330 g/mol. The number of benzene rings is 1. The molecule has 0 radical (unpaired) electrons. The Morgan fingerprint density at radius 2 is 2.08 bits per heavy atom. The Labute approximate surface area is 144 Å². The van der Waals surface area contributed by atoms with E-state index in [2.05, 4.69) is 14.9 Å². The molecule has 0 aliphatic carbocycles. The number of piperidine rings is 1. The number of hydrogen-bond acceptors (Lipinski definition) is 5. The number of aryl methyl sites for hydroxylation is 2. The number of rotatable bonds is 3. The third-order valence-corrected chi connectivity index (χ3v) is 4.62. The van der Waals surface area contributed by atoms with Gasteiger partial charge in [-0.3, -0.25) is 9.59 Å². The minimum absolute atomic E-state index is 0.0525. The minimum Gasteiger partial charge on any atom is -0.336 e. The maximum atomic E-state index is 12.8. The summed E-state index contributed by atoms with van der Waals surface area (Å²) in [7, 11) is 0. The Bertz CT molecular complexity index is 787. The van der Waals surface area contributed by atoms with Crippen molar-refractivity contribution in [2.24, 2.45) is 5.92 Å². The zero-order valence-electron chi connectivity index (χ0n) is 13.6. The van der Waals surface area contributed by atoms with E-state index < -0.39 is 0 Å². The maximum Gasteiger partial charge on any atom is 0.278 e. The number of aromatic nitrogens is 2. The molecule has 1 amide bonds. The first-order valence-electron chi connectivity index (χ1n) is 7.86. The first-order valence-corrected chi connectivity index (χ1v) is 8.24. The van der Waals surface area contributed by atoms with Crippen molar-refractivity contribution in [2.45, 2.75) is 26.7 Å². The van der Waals surface area contributed by atoms with Crippen LogP contribution in [0.1, 0.15) is 44.9 Å². The van der Waals surface area contributed by atoms with Gasteiger partial charge in [0.2, 0.25) is 0 Å². The summed E-state index contributed by atoms with van der Waals surface area (Å²) >= 11 is 5.96. The van der Waals surface area contributed by atoms with Gasteiger partial charge in [0.15, 0.2) is 11.5 Å². The van der Waals surface area contributed by atoms with Crippen molar-refractivity contribution in [3.63, 3.8) is 0 Å². The van der Waals surface area contributed by atoms with Crippen LogP contribution in [-0.2, 0) is 0 Å². The second-order valence-corrected chi connectivity index (χ2v) is 6.55. The second kappa shape index (κ2) is 6.73. The van der Waals surface area contributed by atoms with Crippen LogP contribution in [0.5, 0.6) is 0 Å². The van der Waals surface area contributed by atoms with Gasteiger partial charge in [0, 0.05) is 29.6 Å². The summed E-state index contributed by atoms with van der Waals surface area (Å²) in [5.74, 6) is -0.404. The number of halogens is 1. The van der Waals surface area contributed by atoms with E-state index in [1.54, 1.807) is 30.0 Å². The van der Waals surface area contributed by atoms with Crippen LogP contribution in [0.25, 0.3) is 0 Å². The molecule has 1 aliphatic rings. The first kappa shape index (κ1) is 16.6. The minimum atomic E-state index is -0.237. The lowest BCUT2D eigenvalue weighted by atomic mass is 9.88. The number of hydrogen-bond donors (Lipinski definition) is 0. The highest BCUT2D eigenvalue weighted by Gasteiger charge is 2.31. The van der Waals surface area contributed by atoms with Gasteiger partial charge in [-0.25, -0.2) is 4.63 Å². The number of ketones is 1. The Morgan fingerprint density at radius 1 is 1.29 bits per heavy atom. The molecule has 3 rings (SSSR count). The fourth-order valence-electron chi connectivity index (χ4n) is 3.07. The van der Waals surface area contributed by atoms with Gasteiger partial charge in [0.05, 0.1) is 0 Å². The molecule has 2 heterocycles. The third-order valence-electron chi connectivity index (χ3n) is 4.39. The summed E-state index contributed by atoms with van der Waals surface area (Å²) in [5, 5.41) is 7.92. The zero-order chi connectivity index (χ0) is 17.3. The van der Waals surface area contributed by atoms with Gasteiger partial charge in [-0.2, -0.15) is 0 Å². The van der Waals surface area contributed by atoms with Gasteiger partial charge < -0.3 is 4.90 Å². The van der Waals surface area contributed by atoms with Crippen molar-refractivity contribution in [3.05, 3.63) is 45.7 Å². The molecule has 1 aliphatic heterocycles. The second-order valence-electron chi connectivity index (χ2n) is 6.11. The number of nitrogens with zero attached hydrogens (tertiary/aromatic N) is 3. The molecule has 126 valence electrons. The Morgan fingerprint density at radius 3 is 2.75 bits per heavy atom. The standard InChI is InChI=1S/C17H18ClN3O3/c1-10-8-13(18)5-6-14(10)16(22)12-4-3-7-21(9-12)17(23)15-11(2)19-24-20-15/h5-6,8,12H,3-4,7,9H2,1-2H3. The van der Waals surface area contributed by atoms with Gasteiger partial charge in [0.1, 0.15) is 5.69 Å². The Kier molecular flexibility index (Phi) is 4.66. The first-order chi connectivity index (χ1) is 11.5. The molecule has 1 fully saturated rings. The molecular formula is C17H18ClN3O3. The summed E-state index contributed by atoms with van der Waals surface area (Å²) in [4.78, 5) is 27.0. The zero-order valence-corrected chi connectivity index (χ0v) is 14.3. The van der Waals surface area contributed by atoms with Gasteiger partial charge in [-0.15, -0.1) is 0 Å². The molecule has 1 unspecified atom stereocenters. The van der Waals surface area contributed by atoms with Crippen molar-refractivity contribution < 1.29 is 14.2 Å². The summed E-state index contributed by atoms with van der Waals surface area (Å²) in [5.41, 5.74) is 2.19. The molecule has 1 aromatic carbocycles. The fourth-order valence-corrected chi connectivity index (χ4v) is 3.30. The average molecular weight is 348 g/mol. The van der Waals surface area contributed by atoms with Crippen LogP contribution in [-0.4, -0.2) is 40.0 Å². The molecule has 0 bridgehead atoms. The van der Waals surface area contributed by atoms with Gasteiger partial charge in [-0.1, -0.05) is 16.8 Å². The molecule has 0 saturated carbocycles. The van der Waals surface area contributed by atoms with E-state index in [9.17, 15) is 9.59 Å². The Balaban J connectivity index is 1.77. The molecule has 7 heteroatoms. The fraction of sp³-hybridized carbons (Fsp3) is 0.412. The van der Waals surface area contributed by atoms with Crippen LogP contribution in [0.2, 0.25) is 5.02 Å². The van der Waals surface area contributed by atoms with Gasteiger partial charge in [0.25, 0.3) is 5.91 Å².